The Morgan fingerprint density at radius 3 is 2.68 bits per heavy atom. The smallest absolute Gasteiger partial charge is 0.123 e. The molecular formula is C17H19Cl2NO2. The van der Waals surface area contributed by atoms with Gasteiger partial charge in [-0.25, -0.2) is 0 Å². The number of nitrogens with one attached hydrogen (secondary N) is 1. The van der Waals surface area contributed by atoms with E-state index in [9.17, 15) is 0 Å². The highest BCUT2D eigenvalue weighted by Crippen LogP contribution is 2.30. The molecule has 0 aliphatic rings. The maximum Gasteiger partial charge on any atom is 0.123 e. The van der Waals surface area contributed by atoms with E-state index in [1.165, 1.54) is 0 Å². The molecule has 0 heterocycles. The van der Waals surface area contributed by atoms with Crippen molar-refractivity contribution in [3.8, 4) is 5.75 Å². The van der Waals surface area contributed by atoms with Crippen LogP contribution in [0.5, 0.6) is 5.75 Å². The van der Waals surface area contributed by atoms with E-state index in [0.717, 1.165) is 16.9 Å². The standard InChI is InChI=1S/C17H19Cl2NO2/c1-12(14-6-4-7-15(18)17(14)19)20-11-13-5-2-3-8-16(13)22-10-9-21/h2-8,12,20-21H,9-11H2,1H3. The van der Waals surface area contributed by atoms with Gasteiger partial charge in [-0.05, 0) is 24.6 Å². The predicted molar refractivity (Wildman–Crippen MR) is 90.7 cm³/mol. The summed E-state index contributed by atoms with van der Waals surface area (Å²) >= 11 is 12.3. The van der Waals surface area contributed by atoms with E-state index in [2.05, 4.69) is 5.32 Å². The molecule has 0 spiro atoms. The minimum atomic E-state index is -0.00368. The lowest BCUT2D eigenvalue weighted by Crippen LogP contribution is -2.19. The van der Waals surface area contributed by atoms with Gasteiger partial charge < -0.3 is 15.2 Å². The van der Waals surface area contributed by atoms with Gasteiger partial charge in [0.25, 0.3) is 0 Å². The molecule has 2 aromatic rings. The molecule has 2 rings (SSSR count). The monoisotopic (exact) mass is 339 g/mol. The molecule has 1 unspecified atom stereocenters. The second-order valence-corrected chi connectivity index (χ2v) is 5.71. The highest BCUT2D eigenvalue weighted by Gasteiger charge is 2.12. The van der Waals surface area contributed by atoms with Gasteiger partial charge in [-0.2, -0.15) is 0 Å². The molecule has 22 heavy (non-hydrogen) atoms. The first-order valence-electron chi connectivity index (χ1n) is 7.12. The van der Waals surface area contributed by atoms with Crippen molar-refractivity contribution in [2.45, 2.75) is 19.5 Å². The number of benzene rings is 2. The van der Waals surface area contributed by atoms with Crippen LogP contribution in [0.3, 0.4) is 0 Å². The van der Waals surface area contributed by atoms with E-state index < -0.39 is 0 Å². The quantitative estimate of drug-likeness (QED) is 0.793. The maximum atomic E-state index is 8.87. The molecule has 1 atom stereocenters. The van der Waals surface area contributed by atoms with Crippen LogP contribution in [0.4, 0.5) is 0 Å². The Bertz CT molecular complexity index is 619. The summed E-state index contributed by atoms with van der Waals surface area (Å²) in [6, 6.07) is 13.4. The summed E-state index contributed by atoms with van der Waals surface area (Å²) in [4.78, 5) is 0. The molecule has 2 N–H and O–H groups in total. The fourth-order valence-corrected chi connectivity index (χ4v) is 2.65. The number of halogens is 2. The molecule has 0 saturated heterocycles. The van der Waals surface area contributed by atoms with Crippen molar-refractivity contribution in [3.05, 3.63) is 63.6 Å². The van der Waals surface area contributed by atoms with Crippen LogP contribution in [0.2, 0.25) is 10.0 Å². The van der Waals surface area contributed by atoms with Crippen LogP contribution in [0.1, 0.15) is 24.1 Å². The lowest BCUT2D eigenvalue weighted by atomic mass is 10.1. The van der Waals surface area contributed by atoms with E-state index in [1.54, 1.807) is 6.07 Å². The number of para-hydroxylation sites is 1. The topological polar surface area (TPSA) is 41.5 Å². The van der Waals surface area contributed by atoms with Gasteiger partial charge in [0.15, 0.2) is 0 Å². The summed E-state index contributed by atoms with van der Waals surface area (Å²) in [5, 5.41) is 13.4. The van der Waals surface area contributed by atoms with Gasteiger partial charge in [0.05, 0.1) is 16.7 Å². The fourth-order valence-electron chi connectivity index (χ4n) is 2.17. The summed E-state index contributed by atoms with van der Waals surface area (Å²) in [5.41, 5.74) is 1.99. The second kappa shape index (κ2) is 8.39. The molecule has 2 aromatic carbocycles. The number of ether oxygens (including phenoxy) is 1. The van der Waals surface area contributed by atoms with Gasteiger partial charge in [0, 0.05) is 18.2 Å². The number of aliphatic hydroxyl groups is 1. The lowest BCUT2D eigenvalue weighted by molar-refractivity contribution is 0.200. The van der Waals surface area contributed by atoms with Crippen molar-refractivity contribution in [2.24, 2.45) is 0 Å². The van der Waals surface area contributed by atoms with Crippen LogP contribution >= 0.6 is 23.2 Å². The van der Waals surface area contributed by atoms with Gasteiger partial charge in [-0.15, -0.1) is 0 Å². The van der Waals surface area contributed by atoms with Crippen molar-refractivity contribution >= 4 is 23.2 Å². The third-order valence-corrected chi connectivity index (χ3v) is 4.20. The summed E-state index contributed by atoms with van der Waals surface area (Å²) in [7, 11) is 0. The highest BCUT2D eigenvalue weighted by molar-refractivity contribution is 6.42. The van der Waals surface area contributed by atoms with Gasteiger partial charge in [-0.1, -0.05) is 53.5 Å². The van der Waals surface area contributed by atoms with E-state index in [0.29, 0.717) is 16.6 Å². The van der Waals surface area contributed by atoms with Crippen LogP contribution in [0.15, 0.2) is 42.5 Å². The van der Waals surface area contributed by atoms with E-state index in [1.807, 2.05) is 43.3 Å². The molecule has 118 valence electrons. The zero-order valence-corrected chi connectivity index (χ0v) is 13.9. The van der Waals surface area contributed by atoms with Crippen LogP contribution < -0.4 is 10.1 Å². The lowest BCUT2D eigenvalue weighted by Gasteiger charge is -2.18. The number of hydrogen-bond acceptors (Lipinski definition) is 3. The number of aliphatic hydroxyl groups excluding tert-OH is 1. The van der Waals surface area contributed by atoms with E-state index in [4.69, 9.17) is 33.0 Å². The van der Waals surface area contributed by atoms with Gasteiger partial charge in [-0.3, -0.25) is 0 Å². The zero-order valence-electron chi connectivity index (χ0n) is 12.4. The van der Waals surface area contributed by atoms with Crippen molar-refractivity contribution < 1.29 is 9.84 Å². The first-order chi connectivity index (χ1) is 10.6. The summed E-state index contributed by atoms with van der Waals surface area (Å²) in [5.74, 6) is 0.772. The van der Waals surface area contributed by atoms with Crippen molar-refractivity contribution in [2.75, 3.05) is 13.2 Å². The Morgan fingerprint density at radius 2 is 1.91 bits per heavy atom. The molecule has 0 aromatic heterocycles. The maximum absolute atomic E-state index is 8.87. The Morgan fingerprint density at radius 1 is 1.14 bits per heavy atom. The molecule has 5 heteroatoms. The van der Waals surface area contributed by atoms with Gasteiger partial charge in [0.1, 0.15) is 12.4 Å². The molecule has 0 fully saturated rings. The van der Waals surface area contributed by atoms with Crippen molar-refractivity contribution in [1.82, 2.24) is 5.32 Å². The third-order valence-electron chi connectivity index (χ3n) is 3.37. The molecule has 0 aliphatic carbocycles. The van der Waals surface area contributed by atoms with Crippen LogP contribution in [-0.2, 0) is 6.54 Å². The molecule has 0 aliphatic heterocycles. The zero-order chi connectivity index (χ0) is 15.9. The van der Waals surface area contributed by atoms with Gasteiger partial charge >= 0.3 is 0 Å². The fraction of sp³-hybridized carbons (Fsp3) is 0.294. The Labute approximate surface area is 140 Å². The predicted octanol–water partition coefficient (Wildman–Crippen LogP) is 4.22. The molecule has 0 saturated carbocycles. The molecule has 0 bridgehead atoms. The molecular weight excluding hydrogens is 321 g/mol. The van der Waals surface area contributed by atoms with Crippen LogP contribution in [0.25, 0.3) is 0 Å². The number of hydrogen-bond donors (Lipinski definition) is 2. The van der Waals surface area contributed by atoms with E-state index in [-0.39, 0.29) is 19.3 Å². The average Bonchev–Trinajstić information content (AvgIpc) is 2.54. The highest BCUT2D eigenvalue weighted by atomic mass is 35.5. The number of rotatable bonds is 7. The molecule has 0 amide bonds. The van der Waals surface area contributed by atoms with Crippen molar-refractivity contribution in [3.63, 3.8) is 0 Å². The normalized spacial score (nSPS) is 12.2. The molecule has 3 nitrogen and oxygen atoms in total. The first-order valence-corrected chi connectivity index (χ1v) is 7.88. The summed E-state index contributed by atoms with van der Waals surface area (Å²) in [6.45, 7) is 2.95. The largest absolute Gasteiger partial charge is 0.491 e. The minimum absolute atomic E-state index is 0.00368. The van der Waals surface area contributed by atoms with Crippen LogP contribution in [0, 0.1) is 0 Å². The van der Waals surface area contributed by atoms with E-state index >= 15 is 0 Å². The average molecular weight is 340 g/mol. The summed E-state index contributed by atoms with van der Waals surface area (Å²) in [6.07, 6.45) is 0. The minimum Gasteiger partial charge on any atom is -0.491 e. The third kappa shape index (κ3) is 4.37. The SMILES string of the molecule is CC(NCc1ccccc1OCCO)c1cccc(Cl)c1Cl. The molecule has 0 radical (unpaired) electrons. The van der Waals surface area contributed by atoms with Crippen LogP contribution in [-0.4, -0.2) is 18.3 Å². The Balaban J connectivity index is 2.05. The Hall–Kier alpha value is -1.26. The Kier molecular flexibility index (Phi) is 6.52. The first kappa shape index (κ1) is 17.1. The van der Waals surface area contributed by atoms with Gasteiger partial charge in [0.2, 0.25) is 0 Å². The van der Waals surface area contributed by atoms with Crippen molar-refractivity contribution in [1.29, 1.82) is 0 Å². The summed E-state index contributed by atoms with van der Waals surface area (Å²) < 4.78 is 5.53. The second-order valence-electron chi connectivity index (χ2n) is 4.93.